The van der Waals surface area contributed by atoms with E-state index >= 15 is 0 Å². The van der Waals surface area contributed by atoms with Crippen LogP contribution < -0.4 is 0 Å². The molecule has 0 unspecified atom stereocenters. The van der Waals surface area contributed by atoms with Crippen molar-refractivity contribution in [3.63, 3.8) is 0 Å². The topological polar surface area (TPSA) is 72.8 Å². The van der Waals surface area contributed by atoms with Crippen LogP contribution in [-0.4, -0.2) is 30.4 Å². The van der Waals surface area contributed by atoms with Crippen LogP contribution in [0.1, 0.15) is 22.8 Å². The molecule has 1 aromatic carbocycles. The third-order valence-electron chi connectivity index (χ3n) is 2.06. The van der Waals surface area contributed by atoms with Gasteiger partial charge < -0.3 is 14.6 Å². The molecule has 0 saturated heterocycles. The zero-order valence-electron chi connectivity index (χ0n) is 9.96. The summed E-state index contributed by atoms with van der Waals surface area (Å²) >= 11 is 0. The van der Waals surface area contributed by atoms with Gasteiger partial charge in [0.25, 0.3) is 0 Å². The summed E-state index contributed by atoms with van der Waals surface area (Å²) in [6.45, 7) is 1.97. The lowest BCUT2D eigenvalue weighted by Gasteiger charge is -2.05. The Kier molecular flexibility index (Phi) is 5.44. The van der Waals surface area contributed by atoms with Gasteiger partial charge in [-0.05, 0) is 24.6 Å². The van der Waals surface area contributed by atoms with E-state index in [1.807, 2.05) is 0 Å². The Bertz CT molecular complexity index is 450. The van der Waals surface area contributed by atoms with E-state index in [1.54, 1.807) is 37.3 Å². The summed E-state index contributed by atoms with van der Waals surface area (Å²) in [4.78, 5) is 21.8. The molecule has 0 spiro atoms. The number of carboxylic acid groups (broad SMARTS) is 1. The molecule has 1 aromatic rings. The molecule has 0 aliphatic carbocycles. The third-order valence-corrected chi connectivity index (χ3v) is 2.06. The van der Waals surface area contributed by atoms with Crippen LogP contribution in [0.3, 0.4) is 0 Å². The monoisotopic (exact) mass is 250 g/mol. The molecule has 5 nitrogen and oxygen atoms in total. The van der Waals surface area contributed by atoms with E-state index in [2.05, 4.69) is 4.74 Å². The summed E-state index contributed by atoms with van der Waals surface area (Å²) in [6, 6.07) is 6.90. The van der Waals surface area contributed by atoms with Crippen LogP contribution in [0, 0.1) is 0 Å². The zero-order valence-corrected chi connectivity index (χ0v) is 9.96. The molecule has 1 N–H and O–H groups in total. The van der Waals surface area contributed by atoms with Crippen molar-refractivity contribution in [2.75, 3.05) is 13.2 Å². The van der Waals surface area contributed by atoms with Gasteiger partial charge in [-0.15, -0.1) is 0 Å². The molecule has 0 saturated carbocycles. The molecule has 0 heterocycles. The molecular weight excluding hydrogens is 236 g/mol. The second kappa shape index (κ2) is 7.11. The predicted molar refractivity (Wildman–Crippen MR) is 65.4 cm³/mol. The number of ether oxygens (including phenoxy) is 2. The van der Waals surface area contributed by atoms with Gasteiger partial charge in [-0.2, -0.15) is 0 Å². The highest BCUT2D eigenvalue weighted by molar-refractivity contribution is 5.93. The molecule has 0 aliphatic heterocycles. The molecule has 96 valence electrons. The third kappa shape index (κ3) is 4.29. The molecule has 0 aliphatic rings. The molecule has 0 fully saturated rings. The number of carbonyl (C=O) groups is 2. The largest absolute Gasteiger partial charge is 0.506 e. The van der Waals surface area contributed by atoms with Crippen molar-refractivity contribution in [1.29, 1.82) is 0 Å². The minimum Gasteiger partial charge on any atom is -0.462 e. The van der Waals surface area contributed by atoms with Gasteiger partial charge in [0.05, 0.1) is 12.2 Å². The number of hydrogen-bond acceptors (Lipinski definition) is 4. The first-order chi connectivity index (χ1) is 8.65. The van der Waals surface area contributed by atoms with Gasteiger partial charge in [0.2, 0.25) is 0 Å². The van der Waals surface area contributed by atoms with Gasteiger partial charge in [-0.1, -0.05) is 24.3 Å². The normalized spacial score (nSPS) is 10.3. The SMILES string of the molecule is CCOC(=O)c1ccccc1C=CCOC(=O)O. The first kappa shape index (κ1) is 13.8. The van der Waals surface area contributed by atoms with Crippen LogP contribution in [0.5, 0.6) is 0 Å². The van der Waals surface area contributed by atoms with Crippen molar-refractivity contribution in [2.24, 2.45) is 0 Å². The van der Waals surface area contributed by atoms with Crippen molar-refractivity contribution in [3.05, 3.63) is 41.5 Å². The summed E-state index contributed by atoms with van der Waals surface area (Å²) in [7, 11) is 0. The quantitative estimate of drug-likeness (QED) is 0.813. The average molecular weight is 250 g/mol. The van der Waals surface area contributed by atoms with Crippen molar-refractivity contribution in [1.82, 2.24) is 0 Å². The molecule has 18 heavy (non-hydrogen) atoms. The fourth-order valence-corrected chi connectivity index (χ4v) is 1.33. The Morgan fingerprint density at radius 3 is 2.67 bits per heavy atom. The number of benzene rings is 1. The highest BCUT2D eigenvalue weighted by Gasteiger charge is 2.09. The minimum atomic E-state index is -1.33. The van der Waals surface area contributed by atoms with Crippen LogP contribution in [0.15, 0.2) is 30.3 Å². The Balaban J connectivity index is 2.76. The number of esters is 1. The summed E-state index contributed by atoms with van der Waals surface area (Å²) in [5, 5.41) is 8.29. The van der Waals surface area contributed by atoms with Gasteiger partial charge >= 0.3 is 12.1 Å². The van der Waals surface area contributed by atoms with Crippen LogP contribution in [0.2, 0.25) is 0 Å². The molecule has 0 atom stereocenters. The predicted octanol–water partition coefficient (Wildman–Crippen LogP) is 2.57. The maximum absolute atomic E-state index is 11.6. The number of rotatable bonds is 5. The van der Waals surface area contributed by atoms with E-state index in [1.165, 1.54) is 6.08 Å². The van der Waals surface area contributed by atoms with Crippen LogP contribution in [0.25, 0.3) is 6.08 Å². The minimum absolute atomic E-state index is 0.0630. The van der Waals surface area contributed by atoms with E-state index in [0.717, 1.165) is 0 Å². The van der Waals surface area contributed by atoms with Gasteiger partial charge in [-0.25, -0.2) is 9.59 Å². The Morgan fingerprint density at radius 1 is 1.28 bits per heavy atom. The zero-order chi connectivity index (χ0) is 13.4. The highest BCUT2D eigenvalue weighted by atomic mass is 16.7. The van der Waals surface area contributed by atoms with Crippen molar-refractivity contribution >= 4 is 18.2 Å². The smallest absolute Gasteiger partial charge is 0.462 e. The van der Waals surface area contributed by atoms with E-state index in [4.69, 9.17) is 9.84 Å². The van der Waals surface area contributed by atoms with E-state index in [9.17, 15) is 9.59 Å². The Morgan fingerprint density at radius 2 is 2.00 bits per heavy atom. The average Bonchev–Trinajstić information content (AvgIpc) is 2.35. The Hall–Kier alpha value is -2.30. The second-order valence-electron chi connectivity index (χ2n) is 3.29. The van der Waals surface area contributed by atoms with E-state index < -0.39 is 12.1 Å². The summed E-state index contributed by atoms with van der Waals surface area (Å²) in [5.74, 6) is -0.406. The number of hydrogen-bond donors (Lipinski definition) is 1. The molecule has 0 radical (unpaired) electrons. The lowest BCUT2D eigenvalue weighted by Crippen LogP contribution is -2.06. The van der Waals surface area contributed by atoms with E-state index in [-0.39, 0.29) is 6.61 Å². The second-order valence-corrected chi connectivity index (χ2v) is 3.29. The number of carbonyl (C=O) groups excluding carboxylic acids is 1. The molecule has 0 aromatic heterocycles. The summed E-state index contributed by atoms with van der Waals surface area (Å²) < 4.78 is 9.24. The van der Waals surface area contributed by atoms with Gasteiger partial charge in [0.1, 0.15) is 6.61 Å². The summed E-state index contributed by atoms with van der Waals surface area (Å²) in [5.41, 5.74) is 1.09. The lowest BCUT2D eigenvalue weighted by atomic mass is 10.1. The van der Waals surface area contributed by atoms with Crippen LogP contribution >= 0.6 is 0 Å². The highest BCUT2D eigenvalue weighted by Crippen LogP contribution is 2.12. The molecular formula is C13H14O5. The molecule has 0 bridgehead atoms. The maximum atomic E-state index is 11.6. The first-order valence-corrected chi connectivity index (χ1v) is 5.43. The first-order valence-electron chi connectivity index (χ1n) is 5.43. The molecule has 1 rings (SSSR count). The van der Waals surface area contributed by atoms with Crippen molar-refractivity contribution < 1.29 is 24.2 Å². The van der Waals surface area contributed by atoms with Crippen molar-refractivity contribution in [2.45, 2.75) is 6.92 Å². The molecule has 0 amide bonds. The summed E-state index contributed by atoms with van der Waals surface area (Å²) in [6.07, 6.45) is 1.81. The van der Waals surface area contributed by atoms with Gasteiger partial charge in [0, 0.05) is 0 Å². The van der Waals surface area contributed by atoms with Crippen LogP contribution in [0.4, 0.5) is 4.79 Å². The maximum Gasteiger partial charge on any atom is 0.506 e. The lowest BCUT2D eigenvalue weighted by molar-refractivity contribution is 0.0526. The van der Waals surface area contributed by atoms with Gasteiger partial charge in [-0.3, -0.25) is 0 Å². The van der Waals surface area contributed by atoms with E-state index in [0.29, 0.717) is 17.7 Å². The fourth-order valence-electron chi connectivity index (χ4n) is 1.33. The molecule has 5 heteroatoms. The Labute approximate surface area is 105 Å². The standard InChI is InChI=1S/C13H14O5/c1-2-17-12(14)11-8-4-3-6-10(11)7-5-9-18-13(15)16/h3-8H,2,9H2,1H3,(H,15,16). The fraction of sp³-hybridized carbons (Fsp3) is 0.231. The van der Waals surface area contributed by atoms with Gasteiger partial charge in [0.15, 0.2) is 0 Å². The van der Waals surface area contributed by atoms with Crippen molar-refractivity contribution in [3.8, 4) is 0 Å². The van der Waals surface area contributed by atoms with Crippen LogP contribution in [-0.2, 0) is 9.47 Å².